The topological polar surface area (TPSA) is 108 Å². The van der Waals surface area contributed by atoms with E-state index in [2.05, 4.69) is 10.1 Å². The van der Waals surface area contributed by atoms with Crippen LogP contribution in [0.1, 0.15) is 37.6 Å². The van der Waals surface area contributed by atoms with Gasteiger partial charge in [0.15, 0.2) is 0 Å². The monoisotopic (exact) mass is 290 g/mol. The Bertz CT molecular complexity index is 651. The number of nitrogens with zero attached hydrogens (tertiary/aromatic N) is 3. The zero-order valence-electron chi connectivity index (χ0n) is 12.2. The molecular formula is C14H18N4O3. The van der Waals surface area contributed by atoms with E-state index in [0.29, 0.717) is 17.3 Å². The van der Waals surface area contributed by atoms with Crippen LogP contribution in [0.15, 0.2) is 22.7 Å². The van der Waals surface area contributed by atoms with E-state index in [1.807, 2.05) is 20.8 Å². The van der Waals surface area contributed by atoms with Gasteiger partial charge in [-0.25, -0.2) is 0 Å². The van der Waals surface area contributed by atoms with Gasteiger partial charge < -0.3 is 10.3 Å². The zero-order valence-corrected chi connectivity index (χ0v) is 12.2. The Labute approximate surface area is 122 Å². The van der Waals surface area contributed by atoms with Crippen LogP contribution in [0.5, 0.6) is 0 Å². The summed E-state index contributed by atoms with van der Waals surface area (Å²) in [6.07, 6.45) is 0.785. The van der Waals surface area contributed by atoms with Gasteiger partial charge in [-0.3, -0.25) is 10.1 Å². The Balaban J connectivity index is 2.42. The van der Waals surface area contributed by atoms with E-state index in [-0.39, 0.29) is 17.6 Å². The van der Waals surface area contributed by atoms with Gasteiger partial charge in [0.05, 0.1) is 10.8 Å². The number of benzene rings is 1. The number of non-ortho nitro benzene ring substituents is 1. The number of nitro benzene ring substituents is 1. The zero-order chi connectivity index (χ0) is 15.6. The largest absolute Gasteiger partial charge is 0.339 e. The van der Waals surface area contributed by atoms with Crippen molar-refractivity contribution in [2.75, 3.05) is 0 Å². The lowest BCUT2D eigenvalue weighted by Gasteiger charge is -2.13. The molecule has 1 heterocycles. The number of nitro groups is 1. The quantitative estimate of drug-likeness (QED) is 0.670. The summed E-state index contributed by atoms with van der Waals surface area (Å²) in [5.41, 5.74) is 7.35. The molecule has 112 valence electrons. The van der Waals surface area contributed by atoms with Crippen molar-refractivity contribution in [3.63, 3.8) is 0 Å². The van der Waals surface area contributed by atoms with Crippen LogP contribution < -0.4 is 5.73 Å². The standard InChI is InChI=1S/C14H18N4O3/c1-4-11(9(3)15)14-16-13(17-21-14)12-7-10(18(19)20)6-5-8(12)2/h5-7,9,11H,4,15H2,1-3H3. The predicted molar refractivity (Wildman–Crippen MR) is 77.8 cm³/mol. The average Bonchev–Trinajstić information content (AvgIpc) is 2.88. The fraction of sp³-hybridized carbons (Fsp3) is 0.429. The highest BCUT2D eigenvalue weighted by Crippen LogP contribution is 2.28. The summed E-state index contributed by atoms with van der Waals surface area (Å²) in [5, 5.41) is 14.8. The highest BCUT2D eigenvalue weighted by atomic mass is 16.6. The summed E-state index contributed by atoms with van der Waals surface area (Å²) >= 11 is 0. The summed E-state index contributed by atoms with van der Waals surface area (Å²) in [6.45, 7) is 5.73. The second-order valence-electron chi connectivity index (χ2n) is 5.09. The van der Waals surface area contributed by atoms with Crippen LogP contribution in [0.3, 0.4) is 0 Å². The van der Waals surface area contributed by atoms with Crippen molar-refractivity contribution in [1.82, 2.24) is 10.1 Å². The first-order chi connectivity index (χ1) is 9.93. The van der Waals surface area contributed by atoms with E-state index in [1.165, 1.54) is 12.1 Å². The SMILES string of the molecule is CCC(c1nc(-c2cc([N+](=O)[O-])ccc2C)no1)C(C)N. The first-order valence-corrected chi connectivity index (χ1v) is 6.78. The maximum absolute atomic E-state index is 10.9. The molecule has 0 aliphatic carbocycles. The van der Waals surface area contributed by atoms with Crippen molar-refractivity contribution in [1.29, 1.82) is 0 Å². The number of nitrogens with two attached hydrogens (primary N) is 1. The molecule has 2 atom stereocenters. The molecule has 0 saturated carbocycles. The Morgan fingerprint density at radius 3 is 2.76 bits per heavy atom. The fourth-order valence-electron chi connectivity index (χ4n) is 2.23. The summed E-state index contributed by atoms with van der Waals surface area (Å²) < 4.78 is 5.28. The lowest BCUT2D eigenvalue weighted by Crippen LogP contribution is -2.24. The van der Waals surface area contributed by atoms with Gasteiger partial charge in [0.1, 0.15) is 0 Å². The third-order valence-corrected chi connectivity index (χ3v) is 3.51. The number of hydrogen-bond donors (Lipinski definition) is 1. The van der Waals surface area contributed by atoms with Gasteiger partial charge in [-0.15, -0.1) is 0 Å². The van der Waals surface area contributed by atoms with E-state index < -0.39 is 4.92 Å². The molecule has 0 bridgehead atoms. The van der Waals surface area contributed by atoms with E-state index in [0.717, 1.165) is 12.0 Å². The average molecular weight is 290 g/mol. The minimum atomic E-state index is -0.444. The number of aromatic nitrogens is 2. The molecular weight excluding hydrogens is 272 g/mol. The molecule has 1 aromatic heterocycles. The number of hydrogen-bond acceptors (Lipinski definition) is 6. The molecule has 2 rings (SSSR count). The number of aryl methyl sites for hydroxylation is 1. The molecule has 21 heavy (non-hydrogen) atoms. The van der Waals surface area contributed by atoms with Crippen LogP contribution in [-0.2, 0) is 0 Å². The van der Waals surface area contributed by atoms with E-state index >= 15 is 0 Å². The fourth-order valence-corrected chi connectivity index (χ4v) is 2.23. The highest BCUT2D eigenvalue weighted by molar-refractivity contribution is 5.63. The summed E-state index contributed by atoms with van der Waals surface area (Å²) in [7, 11) is 0. The molecule has 0 amide bonds. The van der Waals surface area contributed by atoms with Crippen LogP contribution in [0, 0.1) is 17.0 Å². The van der Waals surface area contributed by atoms with Gasteiger partial charge in [-0.1, -0.05) is 18.1 Å². The van der Waals surface area contributed by atoms with Gasteiger partial charge in [-0.2, -0.15) is 4.98 Å². The highest BCUT2D eigenvalue weighted by Gasteiger charge is 2.22. The molecule has 2 N–H and O–H groups in total. The van der Waals surface area contributed by atoms with Crippen LogP contribution in [0.25, 0.3) is 11.4 Å². The normalized spacial score (nSPS) is 13.9. The molecule has 0 fully saturated rings. The Morgan fingerprint density at radius 2 is 2.19 bits per heavy atom. The van der Waals surface area contributed by atoms with Crippen LogP contribution in [-0.4, -0.2) is 21.1 Å². The molecule has 0 radical (unpaired) electrons. The van der Waals surface area contributed by atoms with Crippen molar-refractivity contribution in [2.45, 2.75) is 39.2 Å². The maximum atomic E-state index is 10.9. The number of rotatable bonds is 5. The minimum Gasteiger partial charge on any atom is -0.339 e. The Morgan fingerprint density at radius 1 is 1.48 bits per heavy atom. The van der Waals surface area contributed by atoms with Crippen molar-refractivity contribution >= 4 is 5.69 Å². The predicted octanol–water partition coefficient (Wildman–Crippen LogP) is 2.79. The molecule has 7 heteroatoms. The third kappa shape index (κ3) is 3.08. The first kappa shape index (κ1) is 15.1. The molecule has 0 aliphatic rings. The van der Waals surface area contributed by atoms with E-state index in [1.54, 1.807) is 6.07 Å². The molecule has 0 spiro atoms. The van der Waals surface area contributed by atoms with Crippen LogP contribution in [0.4, 0.5) is 5.69 Å². The second kappa shape index (κ2) is 6.01. The molecule has 7 nitrogen and oxygen atoms in total. The maximum Gasteiger partial charge on any atom is 0.270 e. The van der Waals surface area contributed by atoms with E-state index in [4.69, 9.17) is 10.3 Å². The van der Waals surface area contributed by atoms with Crippen molar-refractivity contribution in [3.8, 4) is 11.4 Å². The molecule has 0 saturated heterocycles. The molecule has 2 aromatic rings. The van der Waals surface area contributed by atoms with Crippen LogP contribution >= 0.6 is 0 Å². The Hall–Kier alpha value is -2.28. The van der Waals surface area contributed by atoms with Crippen molar-refractivity contribution in [3.05, 3.63) is 39.8 Å². The molecule has 2 unspecified atom stereocenters. The Kier molecular flexibility index (Phi) is 4.32. The van der Waals surface area contributed by atoms with Gasteiger partial charge >= 0.3 is 0 Å². The molecule has 0 aliphatic heterocycles. The summed E-state index contributed by atoms with van der Waals surface area (Å²) in [5.74, 6) is 0.795. The van der Waals surface area contributed by atoms with Gasteiger partial charge in [0.2, 0.25) is 11.7 Å². The van der Waals surface area contributed by atoms with Crippen molar-refractivity contribution < 1.29 is 9.45 Å². The van der Waals surface area contributed by atoms with Crippen LogP contribution in [0.2, 0.25) is 0 Å². The summed E-state index contributed by atoms with van der Waals surface area (Å²) in [6, 6.07) is 4.48. The van der Waals surface area contributed by atoms with E-state index in [9.17, 15) is 10.1 Å². The first-order valence-electron chi connectivity index (χ1n) is 6.78. The van der Waals surface area contributed by atoms with Gasteiger partial charge in [0, 0.05) is 23.7 Å². The third-order valence-electron chi connectivity index (χ3n) is 3.51. The lowest BCUT2D eigenvalue weighted by molar-refractivity contribution is -0.384. The van der Waals surface area contributed by atoms with Crippen molar-refractivity contribution in [2.24, 2.45) is 5.73 Å². The van der Waals surface area contributed by atoms with Gasteiger partial charge in [0.25, 0.3) is 5.69 Å². The smallest absolute Gasteiger partial charge is 0.270 e. The summed E-state index contributed by atoms with van der Waals surface area (Å²) in [4.78, 5) is 14.8. The minimum absolute atomic E-state index is 0.00110. The second-order valence-corrected chi connectivity index (χ2v) is 5.09. The lowest BCUT2D eigenvalue weighted by atomic mass is 9.99. The van der Waals surface area contributed by atoms with Gasteiger partial charge in [-0.05, 0) is 25.8 Å². The molecule has 1 aromatic carbocycles.